The SMILES string of the molecule is CC(C)OCCNC(=O)c1cc(O)ccc1[N+](=O)[O-]. The fourth-order valence-electron chi connectivity index (χ4n) is 1.42. The Kier molecular flexibility index (Phi) is 5.25. The number of nitro benzene ring substituents is 1. The van der Waals surface area contributed by atoms with Gasteiger partial charge in [-0.15, -0.1) is 0 Å². The molecule has 2 N–H and O–H groups in total. The summed E-state index contributed by atoms with van der Waals surface area (Å²) in [4.78, 5) is 21.9. The summed E-state index contributed by atoms with van der Waals surface area (Å²) in [7, 11) is 0. The minimum atomic E-state index is -0.668. The highest BCUT2D eigenvalue weighted by Crippen LogP contribution is 2.22. The lowest BCUT2D eigenvalue weighted by Gasteiger charge is -2.09. The lowest BCUT2D eigenvalue weighted by molar-refractivity contribution is -0.385. The first-order valence-corrected chi connectivity index (χ1v) is 5.79. The van der Waals surface area contributed by atoms with Crippen molar-refractivity contribution >= 4 is 11.6 Å². The molecule has 0 heterocycles. The Morgan fingerprint density at radius 3 is 2.79 bits per heavy atom. The number of nitrogens with zero attached hydrogens (tertiary/aromatic N) is 1. The highest BCUT2D eigenvalue weighted by molar-refractivity contribution is 5.98. The van der Waals surface area contributed by atoms with Gasteiger partial charge in [0, 0.05) is 12.6 Å². The minimum absolute atomic E-state index is 0.0482. The van der Waals surface area contributed by atoms with Crippen molar-refractivity contribution in [2.45, 2.75) is 20.0 Å². The van der Waals surface area contributed by atoms with Gasteiger partial charge in [-0.05, 0) is 26.0 Å². The highest BCUT2D eigenvalue weighted by atomic mass is 16.6. The van der Waals surface area contributed by atoms with Crippen molar-refractivity contribution in [1.29, 1.82) is 0 Å². The van der Waals surface area contributed by atoms with E-state index in [0.29, 0.717) is 6.61 Å². The quantitative estimate of drug-likeness (QED) is 0.462. The standard InChI is InChI=1S/C12H16N2O5/c1-8(2)19-6-5-13-12(16)10-7-9(15)3-4-11(10)14(17)18/h3-4,7-8,15H,5-6H2,1-2H3,(H,13,16). The molecule has 7 nitrogen and oxygen atoms in total. The number of phenolic OH excluding ortho intramolecular Hbond substituents is 1. The molecule has 0 aromatic heterocycles. The summed E-state index contributed by atoms with van der Waals surface area (Å²) in [6, 6.07) is 3.32. The molecule has 0 aliphatic heterocycles. The molecular weight excluding hydrogens is 252 g/mol. The van der Waals surface area contributed by atoms with E-state index in [2.05, 4.69) is 5.32 Å². The van der Waals surface area contributed by atoms with E-state index in [-0.39, 0.29) is 29.6 Å². The minimum Gasteiger partial charge on any atom is -0.508 e. The Morgan fingerprint density at radius 2 is 2.21 bits per heavy atom. The summed E-state index contributed by atoms with van der Waals surface area (Å²) in [5.74, 6) is -0.816. The van der Waals surface area contributed by atoms with E-state index in [9.17, 15) is 20.0 Å². The summed E-state index contributed by atoms with van der Waals surface area (Å²) in [6.45, 7) is 4.28. The van der Waals surface area contributed by atoms with Crippen LogP contribution in [0.5, 0.6) is 5.75 Å². The normalized spacial score (nSPS) is 10.5. The third-order valence-electron chi connectivity index (χ3n) is 2.26. The number of ether oxygens (including phenoxy) is 1. The van der Waals surface area contributed by atoms with E-state index < -0.39 is 10.8 Å². The van der Waals surface area contributed by atoms with Crippen LogP contribution in [0.2, 0.25) is 0 Å². The van der Waals surface area contributed by atoms with Gasteiger partial charge in [0.05, 0.1) is 17.6 Å². The largest absolute Gasteiger partial charge is 0.508 e. The summed E-state index contributed by atoms with van der Waals surface area (Å²) in [5.41, 5.74) is -0.519. The maximum atomic E-state index is 11.8. The first-order valence-electron chi connectivity index (χ1n) is 5.79. The number of aromatic hydroxyl groups is 1. The number of nitrogens with one attached hydrogen (secondary N) is 1. The molecule has 1 aromatic rings. The van der Waals surface area contributed by atoms with E-state index >= 15 is 0 Å². The van der Waals surface area contributed by atoms with Gasteiger partial charge in [-0.2, -0.15) is 0 Å². The van der Waals surface area contributed by atoms with E-state index in [1.165, 1.54) is 0 Å². The van der Waals surface area contributed by atoms with Crippen LogP contribution in [-0.2, 0) is 4.74 Å². The molecule has 0 fully saturated rings. The predicted molar refractivity (Wildman–Crippen MR) is 68.2 cm³/mol. The molecule has 0 saturated carbocycles. The second-order valence-electron chi connectivity index (χ2n) is 4.13. The van der Waals surface area contributed by atoms with Crippen LogP contribution in [0, 0.1) is 10.1 Å². The van der Waals surface area contributed by atoms with Crippen LogP contribution >= 0.6 is 0 Å². The molecule has 0 aliphatic rings. The second kappa shape index (κ2) is 6.69. The molecule has 0 aliphatic carbocycles. The van der Waals surface area contributed by atoms with Gasteiger partial charge in [-0.3, -0.25) is 14.9 Å². The number of benzene rings is 1. The number of phenols is 1. The number of hydrogen-bond acceptors (Lipinski definition) is 5. The van der Waals surface area contributed by atoms with Gasteiger partial charge >= 0.3 is 0 Å². The van der Waals surface area contributed by atoms with E-state index in [4.69, 9.17) is 4.74 Å². The summed E-state index contributed by atoms with van der Waals surface area (Å²) in [5, 5.41) is 22.6. The van der Waals surface area contributed by atoms with Gasteiger partial charge < -0.3 is 15.2 Å². The molecule has 0 spiro atoms. The van der Waals surface area contributed by atoms with Gasteiger partial charge in [0.25, 0.3) is 11.6 Å². The fourth-order valence-corrected chi connectivity index (χ4v) is 1.42. The van der Waals surface area contributed by atoms with Crippen LogP contribution in [0.1, 0.15) is 24.2 Å². The number of rotatable bonds is 6. The molecule has 0 saturated heterocycles. The van der Waals surface area contributed by atoms with Crippen LogP contribution < -0.4 is 5.32 Å². The number of carbonyl (C=O) groups is 1. The Balaban J connectivity index is 2.70. The van der Waals surface area contributed by atoms with Gasteiger partial charge in [-0.1, -0.05) is 0 Å². The fraction of sp³-hybridized carbons (Fsp3) is 0.417. The number of amides is 1. The third-order valence-corrected chi connectivity index (χ3v) is 2.26. The Morgan fingerprint density at radius 1 is 1.53 bits per heavy atom. The third kappa shape index (κ3) is 4.55. The lowest BCUT2D eigenvalue weighted by atomic mass is 10.1. The van der Waals surface area contributed by atoms with Crippen molar-refractivity contribution in [3.63, 3.8) is 0 Å². The van der Waals surface area contributed by atoms with Crippen molar-refractivity contribution < 1.29 is 19.6 Å². The first kappa shape index (κ1) is 14.9. The van der Waals surface area contributed by atoms with Gasteiger partial charge in [0.2, 0.25) is 0 Å². The zero-order valence-electron chi connectivity index (χ0n) is 10.8. The average Bonchev–Trinajstić information content (AvgIpc) is 2.33. The van der Waals surface area contributed by atoms with Crippen LogP contribution in [0.4, 0.5) is 5.69 Å². The molecule has 1 rings (SSSR count). The molecule has 1 amide bonds. The molecule has 7 heteroatoms. The maximum absolute atomic E-state index is 11.8. The van der Waals surface area contributed by atoms with E-state index in [1.807, 2.05) is 13.8 Å². The number of hydrogen-bond donors (Lipinski definition) is 2. The lowest BCUT2D eigenvalue weighted by Crippen LogP contribution is -2.28. The van der Waals surface area contributed by atoms with Crippen molar-refractivity contribution in [2.24, 2.45) is 0 Å². The van der Waals surface area contributed by atoms with Crippen LogP contribution in [-0.4, -0.2) is 35.2 Å². The average molecular weight is 268 g/mol. The molecular formula is C12H16N2O5. The molecule has 0 atom stereocenters. The van der Waals surface area contributed by atoms with E-state index in [0.717, 1.165) is 18.2 Å². The van der Waals surface area contributed by atoms with Gasteiger partial charge in [0.1, 0.15) is 11.3 Å². The van der Waals surface area contributed by atoms with Crippen molar-refractivity contribution in [3.05, 3.63) is 33.9 Å². The van der Waals surface area contributed by atoms with Crippen molar-refractivity contribution in [1.82, 2.24) is 5.32 Å². The molecule has 0 radical (unpaired) electrons. The predicted octanol–water partition coefficient (Wildman–Crippen LogP) is 1.46. The summed E-state index contributed by atoms with van der Waals surface area (Å²) in [6.07, 6.45) is 0.0482. The maximum Gasteiger partial charge on any atom is 0.282 e. The van der Waals surface area contributed by atoms with Crippen LogP contribution in [0.25, 0.3) is 0 Å². The van der Waals surface area contributed by atoms with Crippen molar-refractivity contribution in [3.8, 4) is 5.75 Å². The number of carbonyl (C=O) groups excluding carboxylic acids is 1. The van der Waals surface area contributed by atoms with E-state index in [1.54, 1.807) is 0 Å². The summed E-state index contributed by atoms with van der Waals surface area (Å²) >= 11 is 0. The molecule has 0 unspecified atom stereocenters. The first-order chi connectivity index (χ1) is 8.91. The monoisotopic (exact) mass is 268 g/mol. The molecule has 104 valence electrons. The van der Waals surface area contributed by atoms with Crippen molar-refractivity contribution in [2.75, 3.05) is 13.2 Å². The number of nitro groups is 1. The molecule has 1 aromatic carbocycles. The topological polar surface area (TPSA) is 102 Å². The smallest absolute Gasteiger partial charge is 0.282 e. The van der Waals surface area contributed by atoms with Gasteiger partial charge in [0.15, 0.2) is 0 Å². The Labute approximate surface area is 110 Å². The van der Waals surface area contributed by atoms with Crippen LogP contribution in [0.3, 0.4) is 0 Å². The van der Waals surface area contributed by atoms with Gasteiger partial charge in [-0.25, -0.2) is 0 Å². The highest BCUT2D eigenvalue weighted by Gasteiger charge is 2.20. The molecule has 19 heavy (non-hydrogen) atoms. The Hall–Kier alpha value is -2.15. The zero-order chi connectivity index (χ0) is 14.4. The summed E-state index contributed by atoms with van der Waals surface area (Å²) < 4.78 is 5.23. The van der Waals surface area contributed by atoms with Crippen LogP contribution in [0.15, 0.2) is 18.2 Å². The molecule has 0 bridgehead atoms. The Bertz CT molecular complexity index is 473. The zero-order valence-corrected chi connectivity index (χ0v) is 10.8. The second-order valence-corrected chi connectivity index (χ2v) is 4.13.